The predicted octanol–water partition coefficient (Wildman–Crippen LogP) is 1.81. The van der Waals surface area contributed by atoms with Crippen LogP contribution in [0.15, 0.2) is 0 Å². The van der Waals surface area contributed by atoms with Crippen LogP contribution in [0.25, 0.3) is 0 Å². The Hall–Kier alpha value is 0.500. The topological polar surface area (TPSA) is 17.1 Å². The van der Waals surface area contributed by atoms with Gasteiger partial charge < -0.3 is 0 Å². The normalized spacial score (nSPS) is 37.9. The Labute approximate surface area is 62.5 Å². The monoisotopic (exact) mass is 164 g/mol. The fourth-order valence-electron chi connectivity index (χ4n) is 0.947. The van der Waals surface area contributed by atoms with Crippen LogP contribution in [0.1, 0.15) is 19.8 Å². The van der Waals surface area contributed by atoms with Crippen molar-refractivity contribution in [2.75, 3.05) is 11.5 Å². The minimum Gasteiger partial charge on any atom is -0.248 e. The first-order valence-corrected chi connectivity index (χ1v) is 6.13. The SMILES string of the molecule is CC1CCCSS(=O)C1. The Kier molecular flexibility index (Phi) is 3.06. The van der Waals surface area contributed by atoms with E-state index in [2.05, 4.69) is 6.92 Å². The van der Waals surface area contributed by atoms with Crippen molar-refractivity contribution in [3.63, 3.8) is 0 Å². The molecule has 1 rings (SSSR count). The van der Waals surface area contributed by atoms with Gasteiger partial charge in [-0.25, -0.2) is 4.21 Å². The van der Waals surface area contributed by atoms with Gasteiger partial charge >= 0.3 is 0 Å². The second-order valence-corrected chi connectivity index (χ2v) is 5.95. The van der Waals surface area contributed by atoms with Crippen LogP contribution < -0.4 is 0 Å². The molecule has 1 heterocycles. The molecule has 0 saturated carbocycles. The Morgan fingerprint density at radius 1 is 1.67 bits per heavy atom. The number of rotatable bonds is 0. The van der Waals surface area contributed by atoms with Gasteiger partial charge in [-0.1, -0.05) is 17.7 Å². The van der Waals surface area contributed by atoms with Crippen LogP contribution in [0.3, 0.4) is 0 Å². The molecule has 1 nitrogen and oxygen atoms in total. The van der Waals surface area contributed by atoms with Crippen LogP contribution >= 0.6 is 10.8 Å². The molecule has 0 aromatic carbocycles. The molecule has 1 aliphatic rings. The van der Waals surface area contributed by atoms with E-state index in [-0.39, 0.29) is 0 Å². The maximum absolute atomic E-state index is 11.0. The first-order valence-electron chi connectivity index (χ1n) is 3.30. The van der Waals surface area contributed by atoms with E-state index in [4.69, 9.17) is 0 Å². The highest BCUT2D eigenvalue weighted by molar-refractivity contribution is 8.69. The molecule has 0 radical (unpaired) electrons. The van der Waals surface area contributed by atoms with Gasteiger partial charge in [0.05, 0.1) is 9.83 Å². The van der Waals surface area contributed by atoms with Gasteiger partial charge in [-0.15, -0.1) is 0 Å². The van der Waals surface area contributed by atoms with Gasteiger partial charge in [-0.2, -0.15) is 0 Å². The Bertz CT molecular complexity index is 114. The summed E-state index contributed by atoms with van der Waals surface area (Å²) in [6.45, 7) is 2.18. The lowest BCUT2D eigenvalue weighted by molar-refractivity contribution is 0.584. The lowest BCUT2D eigenvalue weighted by atomic mass is 10.1. The molecule has 0 N–H and O–H groups in total. The van der Waals surface area contributed by atoms with Crippen molar-refractivity contribution < 1.29 is 4.21 Å². The minimum atomic E-state index is -0.571. The van der Waals surface area contributed by atoms with Crippen LogP contribution in [0.2, 0.25) is 0 Å². The molecule has 0 bridgehead atoms. The van der Waals surface area contributed by atoms with Crippen molar-refractivity contribution in [3.05, 3.63) is 0 Å². The molecule has 1 fully saturated rings. The van der Waals surface area contributed by atoms with Crippen molar-refractivity contribution >= 4 is 20.6 Å². The highest BCUT2D eigenvalue weighted by atomic mass is 33.1. The van der Waals surface area contributed by atoms with E-state index in [0.29, 0.717) is 5.92 Å². The van der Waals surface area contributed by atoms with Gasteiger partial charge in [0.1, 0.15) is 0 Å². The second-order valence-electron chi connectivity index (χ2n) is 2.54. The third kappa shape index (κ3) is 2.72. The smallest absolute Gasteiger partial charge is 0.0806 e. The average molecular weight is 164 g/mol. The molecular weight excluding hydrogens is 152 g/mol. The summed E-state index contributed by atoms with van der Waals surface area (Å²) >= 11 is 0. The van der Waals surface area contributed by atoms with E-state index >= 15 is 0 Å². The first kappa shape index (κ1) is 7.61. The largest absolute Gasteiger partial charge is 0.248 e. The highest BCUT2D eigenvalue weighted by Crippen LogP contribution is 2.21. The van der Waals surface area contributed by atoms with Crippen molar-refractivity contribution in [1.29, 1.82) is 0 Å². The van der Waals surface area contributed by atoms with Crippen molar-refractivity contribution in [1.82, 2.24) is 0 Å². The highest BCUT2D eigenvalue weighted by Gasteiger charge is 2.12. The van der Waals surface area contributed by atoms with Gasteiger partial charge in [-0.05, 0) is 18.8 Å². The standard InChI is InChI=1S/C6H12OS2/c1-6-3-2-4-8-9(7)5-6/h6H,2-5H2,1H3. The van der Waals surface area contributed by atoms with Crippen molar-refractivity contribution in [2.24, 2.45) is 5.92 Å². The Balaban J connectivity index is 2.37. The Morgan fingerprint density at radius 3 is 3.22 bits per heavy atom. The number of hydrogen-bond donors (Lipinski definition) is 0. The van der Waals surface area contributed by atoms with E-state index in [1.165, 1.54) is 12.8 Å². The summed E-state index contributed by atoms with van der Waals surface area (Å²) in [4.78, 5) is 0. The maximum Gasteiger partial charge on any atom is 0.0806 e. The molecule has 2 atom stereocenters. The summed E-state index contributed by atoms with van der Waals surface area (Å²) in [7, 11) is 1.04. The maximum atomic E-state index is 11.0. The predicted molar refractivity (Wildman–Crippen MR) is 43.9 cm³/mol. The Morgan fingerprint density at radius 2 is 2.44 bits per heavy atom. The van der Waals surface area contributed by atoms with E-state index in [1.807, 2.05) is 0 Å². The number of hydrogen-bond acceptors (Lipinski definition) is 2. The molecule has 3 heteroatoms. The molecule has 9 heavy (non-hydrogen) atoms. The quantitative estimate of drug-likeness (QED) is 0.508. The van der Waals surface area contributed by atoms with Gasteiger partial charge in [0, 0.05) is 11.5 Å². The van der Waals surface area contributed by atoms with Gasteiger partial charge in [-0.3, -0.25) is 0 Å². The third-order valence-electron chi connectivity index (χ3n) is 1.48. The summed E-state index contributed by atoms with van der Waals surface area (Å²) in [5.41, 5.74) is 0. The van der Waals surface area contributed by atoms with Crippen LogP contribution in [-0.4, -0.2) is 15.7 Å². The summed E-state index contributed by atoms with van der Waals surface area (Å²) in [5.74, 6) is 2.68. The fraction of sp³-hybridized carbons (Fsp3) is 1.00. The third-order valence-corrected chi connectivity index (χ3v) is 4.73. The van der Waals surface area contributed by atoms with Crippen LogP contribution in [0.5, 0.6) is 0 Å². The summed E-state index contributed by atoms with van der Waals surface area (Å²) in [6.07, 6.45) is 2.51. The lowest BCUT2D eigenvalue weighted by Gasteiger charge is -2.01. The van der Waals surface area contributed by atoms with E-state index in [9.17, 15) is 4.21 Å². The zero-order valence-corrected chi connectivity index (χ0v) is 7.26. The van der Waals surface area contributed by atoms with Crippen LogP contribution in [-0.2, 0) is 9.83 Å². The average Bonchev–Trinajstić information content (AvgIpc) is 1.93. The van der Waals surface area contributed by atoms with Gasteiger partial charge in [0.2, 0.25) is 0 Å². The molecule has 0 amide bonds. The molecule has 0 aromatic rings. The van der Waals surface area contributed by atoms with Gasteiger partial charge in [0.15, 0.2) is 0 Å². The zero-order valence-electron chi connectivity index (χ0n) is 5.63. The van der Waals surface area contributed by atoms with Gasteiger partial charge in [0.25, 0.3) is 0 Å². The fourth-order valence-corrected chi connectivity index (χ4v) is 4.04. The van der Waals surface area contributed by atoms with Crippen molar-refractivity contribution in [3.8, 4) is 0 Å². The second kappa shape index (κ2) is 3.62. The first-order chi connectivity index (χ1) is 4.29. The molecule has 1 saturated heterocycles. The molecule has 0 aliphatic carbocycles. The molecule has 0 spiro atoms. The summed E-state index contributed by atoms with van der Waals surface area (Å²) in [5, 5.41) is 0. The minimum absolute atomic E-state index is 0.571. The molecular formula is C6H12OS2. The van der Waals surface area contributed by atoms with Crippen LogP contribution in [0, 0.1) is 5.92 Å². The molecule has 54 valence electrons. The van der Waals surface area contributed by atoms with E-state index in [0.717, 1.165) is 11.5 Å². The van der Waals surface area contributed by atoms with E-state index in [1.54, 1.807) is 10.8 Å². The summed E-state index contributed by atoms with van der Waals surface area (Å²) in [6, 6.07) is 0. The molecule has 2 unspecified atom stereocenters. The zero-order chi connectivity index (χ0) is 6.69. The summed E-state index contributed by atoms with van der Waals surface area (Å²) < 4.78 is 11.0. The van der Waals surface area contributed by atoms with Crippen molar-refractivity contribution in [2.45, 2.75) is 19.8 Å². The van der Waals surface area contributed by atoms with Crippen LogP contribution in [0.4, 0.5) is 0 Å². The van der Waals surface area contributed by atoms with E-state index < -0.39 is 9.83 Å². The molecule has 0 aromatic heterocycles. The molecule has 1 aliphatic heterocycles. The lowest BCUT2D eigenvalue weighted by Crippen LogP contribution is -2.01.